The molecular formula is C10H18ClNOS. The van der Waals surface area contributed by atoms with E-state index in [1.807, 2.05) is 11.8 Å². The van der Waals surface area contributed by atoms with Crippen molar-refractivity contribution >= 4 is 29.3 Å². The Kier molecular flexibility index (Phi) is 5.71. The van der Waals surface area contributed by atoms with E-state index in [0.717, 1.165) is 12.8 Å². The molecular weight excluding hydrogens is 218 g/mol. The van der Waals surface area contributed by atoms with E-state index in [1.165, 1.54) is 12.8 Å². The second-order valence-corrected chi connectivity index (χ2v) is 5.13. The molecule has 2 nitrogen and oxygen atoms in total. The number of alkyl halides is 1. The van der Waals surface area contributed by atoms with Gasteiger partial charge in [0.2, 0.25) is 5.91 Å². The fourth-order valence-corrected chi connectivity index (χ4v) is 2.95. The fourth-order valence-electron chi connectivity index (χ4n) is 1.88. The third kappa shape index (κ3) is 3.70. The third-order valence-electron chi connectivity index (χ3n) is 2.64. The monoisotopic (exact) mass is 235 g/mol. The Morgan fingerprint density at radius 3 is 3.00 bits per heavy atom. The van der Waals surface area contributed by atoms with Crippen LogP contribution in [0.25, 0.3) is 0 Å². The van der Waals surface area contributed by atoms with Crippen LogP contribution in [0.2, 0.25) is 0 Å². The van der Waals surface area contributed by atoms with Gasteiger partial charge in [-0.15, -0.1) is 11.6 Å². The molecule has 0 radical (unpaired) electrons. The minimum atomic E-state index is 0.164. The van der Waals surface area contributed by atoms with Gasteiger partial charge in [-0.3, -0.25) is 4.79 Å². The van der Waals surface area contributed by atoms with Crippen molar-refractivity contribution in [1.82, 2.24) is 5.32 Å². The molecule has 0 aliphatic heterocycles. The minimum Gasteiger partial charge on any atom is -0.352 e. The molecule has 1 amide bonds. The van der Waals surface area contributed by atoms with Crippen molar-refractivity contribution in [3.05, 3.63) is 0 Å². The van der Waals surface area contributed by atoms with Gasteiger partial charge >= 0.3 is 0 Å². The Balaban J connectivity index is 2.25. The summed E-state index contributed by atoms with van der Waals surface area (Å²) in [6.45, 7) is 0. The van der Waals surface area contributed by atoms with E-state index < -0.39 is 0 Å². The summed E-state index contributed by atoms with van der Waals surface area (Å²) in [5, 5.41) is 3.72. The predicted molar refractivity (Wildman–Crippen MR) is 63.0 cm³/mol. The molecule has 2 atom stereocenters. The Hall–Kier alpha value is 0.110. The number of hydrogen-bond acceptors (Lipinski definition) is 2. The molecule has 2 unspecified atom stereocenters. The molecule has 1 aliphatic carbocycles. The van der Waals surface area contributed by atoms with E-state index in [1.54, 1.807) is 0 Å². The summed E-state index contributed by atoms with van der Waals surface area (Å²) in [5.41, 5.74) is 0. The molecule has 0 aromatic heterocycles. The summed E-state index contributed by atoms with van der Waals surface area (Å²) >= 11 is 7.40. The molecule has 1 saturated carbocycles. The topological polar surface area (TPSA) is 29.1 Å². The lowest BCUT2D eigenvalue weighted by molar-refractivity contribution is -0.121. The number of amides is 1. The largest absolute Gasteiger partial charge is 0.352 e. The van der Waals surface area contributed by atoms with Crippen molar-refractivity contribution in [2.45, 2.75) is 43.4 Å². The lowest BCUT2D eigenvalue weighted by atomic mass is 10.2. The number of carbonyl (C=O) groups is 1. The lowest BCUT2D eigenvalue weighted by Crippen LogP contribution is -2.38. The first-order valence-electron chi connectivity index (χ1n) is 5.16. The number of carbonyl (C=O) groups excluding carboxylic acids is 1. The van der Waals surface area contributed by atoms with E-state index in [4.69, 9.17) is 11.6 Å². The Morgan fingerprint density at radius 2 is 2.36 bits per heavy atom. The summed E-state index contributed by atoms with van der Waals surface area (Å²) in [6.07, 6.45) is 7.09. The summed E-state index contributed by atoms with van der Waals surface area (Å²) in [4.78, 5) is 11.4. The summed E-state index contributed by atoms with van der Waals surface area (Å²) in [6, 6.07) is 0.396. The predicted octanol–water partition coefficient (Wildman–Crippen LogP) is 2.41. The van der Waals surface area contributed by atoms with E-state index >= 15 is 0 Å². The van der Waals surface area contributed by atoms with Gasteiger partial charge in [0, 0.05) is 23.6 Å². The van der Waals surface area contributed by atoms with Crippen LogP contribution in [0.5, 0.6) is 0 Å². The van der Waals surface area contributed by atoms with Crippen LogP contribution in [0.1, 0.15) is 32.1 Å². The SMILES string of the molecule is CSC1CCCC1NC(=O)CCCCl. The van der Waals surface area contributed by atoms with Gasteiger partial charge in [-0.2, -0.15) is 11.8 Å². The van der Waals surface area contributed by atoms with E-state index in [2.05, 4.69) is 11.6 Å². The molecule has 4 heteroatoms. The van der Waals surface area contributed by atoms with Crippen molar-refractivity contribution < 1.29 is 4.79 Å². The van der Waals surface area contributed by atoms with Gasteiger partial charge < -0.3 is 5.32 Å². The maximum Gasteiger partial charge on any atom is 0.220 e. The highest BCUT2D eigenvalue weighted by Gasteiger charge is 2.27. The second-order valence-electron chi connectivity index (χ2n) is 3.67. The van der Waals surface area contributed by atoms with Crippen LogP contribution in [0.3, 0.4) is 0 Å². The summed E-state index contributed by atoms with van der Waals surface area (Å²) in [5.74, 6) is 0.737. The van der Waals surface area contributed by atoms with Crippen molar-refractivity contribution in [2.24, 2.45) is 0 Å². The molecule has 82 valence electrons. The number of rotatable bonds is 5. The van der Waals surface area contributed by atoms with Gasteiger partial charge in [0.25, 0.3) is 0 Å². The molecule has 0 spiro atoms. The van der Waals surface area contributed by atoms with Gasteiger partial charge in [-0.25, -0.2) is 0 Å². The first kappa shape index (κ1) is 12.2. The molecule has 0 bridgehead atoms. The molecule has 0 aromatic rings. The van der Waals surface area contributed by atoms with E-state index in [0.29, 0.717) is 23.6 Å². The van der Waals surface area contributed by atoms with Crippen LogP contribution in [0.15, 0.2) is 0 Å². The highest BCUT2D eigenvalue weighted by Crippen LogP contribution is 2.28. The number of nitrogens with one attached hydrogen (secondary N) is 1. The van der Waals surface area contributed by atoms with E-state index in [-0.39, 0.29) is 5.91 Å². The molecule has 0 heterocycles. The molecule has 1 aliphatic rings. The van der Waals surface area contributed by atoms with Crippen molar-refractivity contribution in [1.29, 1.82) is 0 Å². The summed E-state index contributed by atoms with van der Waals surface area (Å²) < 4.78 is 0. The first-order chi connectivity index (χ1) is 6.77. The van der Waals surface area contributed by atoms with Crippen LogP contribution in [0, 0.1) is 0 Å². The fraction of sp³-hybridized carbons (Fsp3) is 0.900. The second kappa shape index (κ2) is 6.57. The molecule has 0 saturated heterocycles. The van der Waals surface area contributed by atoms with Crippen LogP contribution in [-0.2, 0) is 4.79 Å². The third-order valence-corrected chi connectivity index (χ3v) is 4.08. The van der Waals surface area contributed by atoms with Gasteiger partial charge in [0.15, 0.2) is 0 Å². The minimum absolute atomic E-state index is 0.164. The number of hydrogen-bond donors (Lipinski definition) is 1. The quantitative estimate of drug-likeness (QED) is 0.742. The lowest BCUT2D eigenvalue weighted by Gasteiger charge is -2.18. The van der Waals surface area contributed by atoms with Gasteiger partial charge in [0.05, 0.1) is 0 Å². The highest BCUT2D eigenvalue weighted by atomic mass is 35.5. The number of thioether (sulfide) groups is 1. The molecule has 1 fully saturated rings. The van der Waals surface area contributed by atoms with Crippen LogP contribution >= 0.6 is 23.4 Å². The van der Waals surface area contributed by atoms with Gasteiger partial charge in [0.1, 0.15) is 0 Å². The number of halogens is 1. The zero-order valence-corrected chi connectivity index (χ0v) is 10.2. The van der Waals surface area contributed by atoms with E-state index in [9.17, 15) is 4.79 Å². The smallest absolute Gasteiger partial charge is 0.220 e. The molecule has 1 rings (SSSR count). The zero-order valence-electron chi connectivity index (χ0n) is 8.59. The summed E-state index contributed by atoms with van der Waals surface area (Å²) in [7, 11) is 0. The molecule has 1 N–H and O–H groups in total. The van der Waals surface area contributed by atoms with Crippen molar-refractivity contribution in [3.63, 3.8) is 0 Å². The Bertz CT molecular complexity index is 189. The van der Waals surface area contributed by atoms with Crippen molar-refractivity contribution in [2.75, 3.05) is 12.1 Å². The van der Waals surface area contributed by atoms with Crippen LogP contribution < -0.4 is 5.32 Å². The first-order valence-corrected chi connectivity index (χ1v) is 6.98. The van der Waals surface area contributed by atoms with Crippen LogP contribution in [-0.4, -0.2) is 29.3 Å². The Labute approximate surface area is 95.2 Å². The zero-order chi connectivity index (χ0) is 10.4. The van der Waals surface area contributed by atoms with Gasteiger partial charge in [-0.1, -0.05) is 6.42 Å². The van der Waals surface area contributed by atoms with Crippen molar-refractivity contribution in [3.8, 4) is 0 Å². The average Bonchev–Trinajstić information content (AvgIpc) is 2.62. The molecule has 14 heavy (non-hydrogen) atoms. The maximum atomic E-state index is 11.4. The van der Waals surface area contributed by atoms with Gasteiger partial charge in [-0.05, 0) is 25.5 Å². The average molecular weight is 236 g/mol. The van der Waals surface area contributed by atoms with Crippen LogP contribution in [0.4, 0.5) is 0 Å². The Morgan fingerprint density at radius 1 is 1.57 bits per heavy atom. The normalized spacial score (nSPS) is 26.4. The highest BCUT2D eigenvalue weighted by molar-refractivity contribution is 7.99. The molecule has 0 aromatic carbocycles. The maximum absolute atomic E-state index is 11.4. The standard InChI is InChI=1S/C10H18ClNOS/c1-14-9-5-2-4-8(9)12-10(13)6-3-7-11/h8-9H,2-7H2,1H3,(H,12,13).